The number of ether oxygens (including phenoxy) is 2. The van der Waals surface area contributed by atoms with Crippen molar-refractivity contribution in [3.63, 3.8) is 0 Å². The van der Waals surface area contributed by atoms with Gasteiger partial charge in [0, 0.05) is 6.54 Å². The van der Waals surface area contributed by atoms with Gasteiger partial charge in [0.25, 0.3) is 0 Å². The second-order valence-corrected chi connectivity index (χ2v) is 7.80. The maximum atomic E-state index is 11.9. The number of phenolic OH excluding ortho intramolecular Hbond substituents is 1. The van der Waals surface area contributed by atoms with E-state index in [4.69, 9.17) is 15.2 Å². The van der Waals surface area contributed by atoms with Crippen LogP contribution < -0.4 is 10.5 Å². The maximum absolute atomic E-state index is 11.9. The second kappa shape index (κ2) is 10.3. The Morgan fingerprint density at radius 2 is 1.79 bits per heavy atom. The molecule has 0 saturated heterocycles. The van der Waals surface area contributed by atoms with Gasteiger partial charge in [0.1, 0.15) is 17.6 Å². The molecule has 29 heavy (non-hydrogen) atoms. The first-order chi connectivity index (χ1) is 13.7. The number of aryl methyl sites for hydroxylation is 2. The molecular weight excluding hydrogens is 366 g/mol. The molecule has 2 aromatic rings. The highest BCUT2D eigenvalue weighted by Crippen LogP contribution is 2.29. The largest absolute Gasteiger partial charge is 0.508 e. The number of carbonyl (C=O) groups excluding carboxylic acids is 1. The van der Waals surface area contributed by atoms with Crippen LogP contribution in [0.4, 0.5) is 0 Å². The van der Waals surface area contributed by atoms with E-state index in [1.54, 1.807) is 6.07 Å². The van der Waals surface area contributed by atoms with Crippen LogP contribution in [-0.4, -0.2) is 30.3 Å². The number of rotatable bonds is 9. The Bertz CT molecular complexity index is 818. The molecule has 0 spiro atoms. The summed E-state index contributed by atoms with van der Waals surface area (Å²) in [6, 6.07) is 9.69. The molecule has 0 aliphatic carbocycles. The van der Waals surface area contributed by atoms with Crippen LogP contribution in [0, 0.1) is 13.8 Å². The minimum absolute atomic E-state index is 0.134. The summed E-state index contributed by atoms with van der Waals surface area (Å²) in [5.74, 6) is 0.842. The van der Waals surface area contributed by atoms with Gasteiger partial charge in [0.05, 0.1) is 0 Å². The van der Waals surface area contributed by atoms with E-state index in [1.807, 2.05) is 39.0 Å². The molecule has 5 nitrogen and oxygen atoms in total. The fraction of sp³-hybridized carbons (Fsp3) is 0.458. The Labute approximate surface area is 173 Å². The van der Waals surface area contributed by atoms with Crippen LogP contribution in [0.1, 0.15) is 60.9 Å². The number of esters is 1. The minimum atomic E-state index is -0.410. The van der Waals surface area contributed by atoms with E-state index in [1.165, 1.54) is 5.56 Å². The lowest BCUT2D eigenvalue weighted by Gasteiger charge is -2.16. The monoisotopic (exact) mass is 399 g/mol. The molecule has 0 bridgehead atoms. The van der Waals surface area contributed by atoms with Crippen LogP contribution in [0.3, 0.4) is 0 Å². The number of nitrogens with two attached hydrogens (primary N) is 1. The highest BCUT2D eigenvalue weighted by molar-refractivity contribution is 5.71. The van der Waals surface area contributed by atoms with Crippen LogP contribution >= 0.6 is 0 Å². The Kier molecular flexibility index (Phi) is 8.09. The van der Waals surface area contributed by atoms with Crippen molar-refractivity contribution in [1.82, 2.24) is 0 Å². The van der Waals surface area contributed by atoms with E-state index < -0.39 is 5.97 Å². The third kappa shape index (κ3) is 6.23. The quantitative estimate of drug-likeness (QED) is 0.612. The number of benzene rings is 2. The molecule has 0 heterocycles. The Morgan fingerprint density at radius 1 is 1.14 bits per heavy atom. The summed E-state index contributed by atoms with van der Waals surface area (Å²) in [5, 5.41) is 10.0. The van der Waals surface area contributed by atoms with Gasteiger partial charge in [-0.25, -0.2) is 4.79 Å². The zero-order valence-corrected chi connectivity index (χ0v) is 18.1. The van der Waals surface area contributed by atoms with E-state index in [-0.39, 0.29) is 18.6 Å². The molecule has 0 saturated carbocycles. The molecule has 2 rings (SSSR count). The molecule has 3 N–H and O–H groups in total. The van der Waals surface area contributed by atoms with Crippen LogP contribution in [-0.2, 0) is 16.0 Å². The van der Waals surface area contributed by atoms with E-state index >= 15 is 0 Å². The zero-order valence-electron chi connectivity index (χ0n) is 18.1. The molecular formula is C24H33NO4. The molecule has 5 heteroatoms. The summed E-state index contributed by atoms with van der Waals surface area (Å²) in [6.07, 6.45) is 1.19. The van der Waals surface area contributed by atoms with Gasteiger partial charge in [0.15, 0.2) is 6.61 Å². The zero-order chi connectivity index (χ0) is 21.6. The number of hydrogen-bond acceptors (Lipinski definition) is 5. The van der Waals surface area contributed by atoms with Crippen molar-refractivity contribution in [3.05, 3.63) is 58.1 Å². The number of phenols is 1. The molecule has 0 radical (unpaired) electrons. The highest BCUT2D eigenvalue weighted by atomic mass is 16.6. The van der Waals surface area contributed by atoms with Gasteiger partial charge in [-0.1, -0.05) is 32.9 Å². The van der Waals surface area contributed by atoms with Crippen LogP contribution in [0.25, 0.3) is 0 Å². The predicted octanol–water partition coefficient (Wildman–Crippen LogP) is 4.38. The van der Waals surface area contributed by atoms with Crippen molar-refractivity contribution in [1.29, 1.82) is 0 Å². The van der Waals surface area contributed by atoms with Crippen molar-refractivity contribution in [2.75, 3.05) is 13.2 Å². The third-order valence-electron chi connectivity index (χ3n) is 5.14. The van der Waals surface area contributed by atoms with E-state index in [0.717, 1.165) is 28.7 Å². The average molecular weight is 400 g/mol. The number of carbonyl (C=O) groups is 1. The maximum Gasteiger partial charge on any atom is 0.344 e. The second-order valence-electron chi connectivity index (χ2n) is 7.80. The van der Waals surface area contributed by atoms with Crippen molar-refractivity contribution in [2.45, 2.75) is 59.5 Å². The molecule has 1 unspecified atom stereocenters. The average Bonchev–Trinajstić information content (AvgIpc) is 2.68. The Balaban J connectivity index is 2.10. The molecule has 1 atom stereocenters. The van der Waals surface area contributed by atoms with Gasteiger partial charge < -0.3 is 20.3 Å². The van der Waals surface area contributed by atoms with Gasteiger partial charge in [-0.05, 0) is 78.6 Å². The van der Waals surface area contributed by atoms with Gasteiger partial charge >= 0.3 is 5.97 Å². The van der Waals surface area contributed by atoms with Gasteiger partial charge in [0.2, 0.25) is 0 Å². The normalized spacial score (nSPS) is 12.1. The highest BCUT2D eigenvalue weighted by Gasteiger charge is 2.14. The summed E-state index contributed by atoms with van der Waals surface area (Å²) >= 11 is 0. The molecule has 0 fully saturated rings. The first-order valence-corrected chi connectivity index (χ1v) is 10.2. The SMILES string of the molecule is CCC(CN)OC(=O)COc1cc(C)c(Cc2ccc(O)c(C(C)C)c2)c(C)c1. The van der Waals surface area contributed by atoms with Crippen molar-refractivity contribution < 1.29 is 19.4 Å². The fourth-order valence-corrected chi connectivity index (χ4v) is 3.36. The minimum Gasteiger partial charge on any atom is -0.508 e. The summed E-state index contributed by atoms with van der Waals surface area (Å²) < 4.78 is 10.9. The van der Waals surface area contributed by atoms with Crippen molar-refractivity contribution >= 4 is 5.97 Å². The van der Waals surface area contributed by atoms with Crippen molar-refractivity contribution in [3.8, 4) is 11.5 Å². The summed E-state index contributed by atoms with van der Waals surface area (Å²) in [5.41, 5.74) is 11.1. The fourth-order valence-electron chi connectivity index (χ4n) is 3.36. The van der Waals surface area contributed by atoms with Crippen LogP contribution in [0.15, 0.2) is 30.3 Å². The van der Waals surface area contributed by atoms with Gasteiger partial charge in [-0.2, -0.15) is 0 Å². The van der Waals surface area contributed by atoms with Crippen LogP contribution in [0.2, 0.25) is 0 Å². The lowest BCUT2D eigenvalue weighted by molar-refractivity contribution is -0.151. The van der Waals surface area contributed by atoms with Gasteiger partial charge in [-0.3, -0.25) is 0 Å². The van der Waals surface area contributed by atoms with Crippen molar-refractivity contribution in [2.24, 2.45) is 5.73 Å². The Morgan fingerprint density at radius 3 is 2.34 bits per heavy atom. The molecule has 0 aromatic heterocycles. The lowest BCUT2D eigenvalue weighted by Crippen LogP contribution is -2.28. The standard InChI is InChI=1S/C24H33NO4/c1-6-19(13-25)29-24(27)14-28-20-9-16(4)22(17(5)10-20)12-18-7-8-23(26)21(11-18)15(2)3/h7-11,15,19,26H,6,12-14,25H2,1-5H3. The topological polar surface area (TPSA) is 81.8 Å². The third-order valence-corrected chi connectivity index (χ3v) is 5.14. The molecule has 0 amide bonds. The number of aromatic hydroxyl groups is 1. The predicted molar refractivity (Wildman–Crippen MR) is 116 cm³/mol. The summed E-state index contributed by atoms with van der Waals surface area (Å²) in [7, 11) is 0. The Hall–Kier alpha value is -2.53. The summed E-state index contributed by atoms with van der Waals surface area (Å²) in [4.78, 5) is 11.9. The summed E-state index contributed by atoms with van der Waals surface area (Å²) in [6.45, 7) is 10.3. The smallest absolute Gasteiger partial charge is 0.344 e. The van der Waals surface area contributed by atoms with Crippen LogP contribution in [0.5, 0.6) is 11.5 Å². The molecule has 2 aromatic carbocycles. The van der Waals surface area contributed by atoms with Gasteiger partial charge in [-0.15, -0.1) is 0 Å². The molecule has 0 aliphatic heterocycles. The van der Waals surface area contributed by atoms with E-state index in [9.17, 15) is 9.90 Å². The van der Waals surface area contributed by atoms with E-state index in [0.29, 0.717) is 24.5 Å². The first-order valence-electron chi connectivity index (χ1n) is 10.2. The molecule has 0 aliphatic rings. The number of hydrogen-bond donors (Lipinski definition) is 2. The van der Waals surface area contributed by atoms with E-state index in [2.05, 4.69) is 19.9 Å². The molecule has 158 valence electrons. The lowest BCUT2D eigenvalue weighted by atomic mass is 9.93. The first kappa shape index (κ1) is 22.8.